The van der Waals surface area contributed by atoms with Crippen molar-refractivity contribution in [1.29, 1.82) is 0 Å². The molecule has 0 atom stereocenters. The van der Waals surface area contributed by atoms with E-state index in [-0.39, 0.29) is 5.56 Å². The number of aromatic nitrogens is 2. The normalized spacial score (nSPS) is 10.9. The number of carboxylic acids is 1. The van der Waals surface area contributed by atoms with Crippen LogP contribution in [0.3, 0.4) is 0 Å². The number of rotatable bonds is 6. The van der Waals surface area contributed by atoms with Gasteiger partial charge in [-0.2, -0.15) is 5.10 Å². The number of hydrogen-bond donors (Lipinski definition) is 2. The van der Waals surface area contributed by atoms with Gasteiger partial charge in [0.25, 0.3) is 0 Å². The van der Waals surface area contributed by atoms with Crippen molar-refractivity contribution in [3.05, 3.63) is 35.5 Å². The molecule has 1 heterocycles. The summed E-state index contributed by atoms with van der Waals surface area (Å²) in [7, 11) is 0. The third-order valence-corrected chi connectivity index (χ3v) is 3.25. The van der Waals surface area contributed by atoms with Gasteiger partial charge in [0.15, 0.2) is 0 Å². The SMILES string of the molecule is Cc1[nH]nc(-c2ccc(OCCC(C)C)cc2)c1C(=O)O. The first kappa shape index (κ1) is 15.1. The van der Waals surface area contributed by atoms with Crippen LogP contribution in [0.2, 0.25) is 0 Å². The van der Waals surface area contributed by atoms with Crippen LogP contribution >= 0.6 is 0 Å². The van der Waals surface area contributed by atoms with Crippen molar-refractivity contribution >= 4 is 5.97 Å². The van der Waals surface area contributed by atoms with Gasteiger partial charge in [0.1, 0.15) is 17.0 Å². The molecule has 0 aliphatic heterocycles. The van der Waals surface area contributed by atoms with Crippen molar-refractivity contribution in [3.8, 4) is 17.0 Å². The van der Waals surface area contributed by atoms with Crippen LogP contribution in [0.25, 0.3) is 11.3 Å². The Bertz CT molecular complexity index is 615. The first-order valence-corrected chi connectivity index (χ1v) is 7.00. The van der Waals surface area contributed by atoms with E-state index in [9.17, 15) is 9.90 Å². The molecule has 0 saturated carbocycles. The molecule has 1 aromatic heterocycles. The number of nitrogens with one attached hydrogen (secondary N) is 1. The van der Waals surface area contributed by atoms with Crippen LogP contribution in [0, 0.1) is 12.8 Å². The van der Waals surface area contributed by atoms with Crippen LogP contribution in [0.1, 0.15) is 36.3 Å². The summed E-state index contributed by atoms with van der Waals surface area (Å²) in [5.41, 5.74) is 1.97. The van der Waals surface area contributed by atoms with Crippen molar-refractivity contribution in [2.75, 3.05) is 6.61 Å². The molecule has 5 nitrogen and oxygen atoms in total. The van der Waals surface area contributed by atoms with E-state index in [1.54, 1.807) is 6.92 Å². The Morgan fingerprint density at radius 2 is 2.00 bits per heavy atom. The van der Waals surface area contributed by atoms with Crippen LogP contribution in [0.15, 0.2) is 24.3 Å². The number of carbonyl (C=O) groups is 1. The van der Waals surface area contributed by atoms with Crippen LogP contribution in [-0.4, -0.2) is 27.9 Å². The third-order valence-electron chi connectivity index (χ3n) is 3.25. The van der Waals surface area contributed by atoms with Gasteiger partial charge in [0, 0.05) is 11.3 Å². The predicted octanol–water partition coefficient (Wildman–Crippen LogP) is 3.51. The Morgan fingerprint density at radius 1 is 1.33 bits per heavy atom. The molecule has 5 heteroatoms. The molecular weight excluding hydrogens is 268 g/mol. The van der Waals surface area contributed by atoms with Gasteiger partial charge in [-0.15, -0.1) is 0 Å². The largest absolute Gasteiger partial charge is 0.494 e. The zero-order chi connectivity index (χ0) is 15.4. The smallest absolute Gasteiger partial charge is 0.339 e. The molecule has 0 bridgehead atoms. The number of ether oxygens (including phenoxy) is 1. The zero-order valence-electron chi connectivity index (χ0n) is 12.5. The van der Waals surface area contributed by atoms with Gasteiger partial charge in [-0.05, 0) is 43.5 Å². The number of aromatic amines is 1. The Hall–Kier alpha value is -2.30. The molecule has 2 aromatic rings. The van der Waals surface area contributed by atoms with Gasteiger partial charge in [-0.1, -0.05) is 13.8 Å². The summed E-state index contributed by atoms with van der Waals surface area (Å²) in [5, 5.41) is 16.0. The van der Waals surface area contributed by atoms with Crippen LogP contribution < -0.4 is 4.74 Å². The summed E-state index contributed by atoms with van der Waals surface area (Å²) in [6, 6.07) is 7.33. The van der Waals surface area contributed by atoms with Gasteiger partial charge in [-0.3, -0.25) is 5.10 Å². The van der Waals surface area contributed by atoms with Crippen molar-refractivity contribution in [1.82, 2.24) is 10.2 Å². The molecule has 0 amide bonds. The summed E-state index contributed by atoms with van der Waals surface area (Å²) in [6.07, 6.45) is 1.00. The molecule has 0 unspecified atom stereocenters. The number of hydrogen-bond acceptors (Lipinski definition) is 3. The van der Waals surface area contributed by atoms with E-state index in [4.69, 9.17) is 4.74 Å². The highest BCUT2D eigenvalue weighted by atomic mass is 16.5. The summed E-state index contributed by atoms with van der Waals surface area (Å²) in [6.45, 7) is 6.68. The minimum atomic E-state index is -0.978. The average Bonchev–Trinajstić information content (AvgIpc) is 2.81. The molecule has 0 radical (unpaired) electrons. The number of benzene rings is 1. The van der Waals surface area contributed by atoms with E-state index < -0.39 is 5.97 Å². The molecule has 0 fully saturated rings. The number of H-pyrrole nitrogens is 1. The molecule has 0 aliphatic carbocycles. The Balaban J connectivity index is 2.14. The van der Waals surface area contributed by atoms with Crippen LogP contribution in [0.4, 0.5) is 0 Å². The van der Waals surface area contributed by atoms with Gasteiger partial charge < -0.3 is 9.84 Å². The topological polar surface area (TPSA) is 75.2 Å². The van der Waals surface area contributed by atoms with E-state index in [0.29, 0.717) is 23.9 Å². The Labute approximate surface area is 124 Å². The first-order valence-electron chi connectivity index (χ1n) is 7.00. The lowest BCUT2D eigenvalue weighted by atomic mass is 10.1. The quantitative estimate of drug-likeness (QED) is 0.853. The lowest BCUT2D eigenvalue weighted by molar-refractivity contribution is 0.0697. The summed E-state index contributed by atoms with van der Waals surface area (Å²) in [4.78, 5) is 11.3. The number of aryl methyl sites for hydroxylation is 1. The van der Waals surface area contributed by atoms with E-state index in [1.165, 1.54) is 0 Å². The van der Waals surface area contributed by atoms with Crippen LogP contribution in [0.5, 0.6) is 5.75 Å². The number of carboxylic acid groups (broad SMARTS) is 1. The minimum absolute atomic E-state index is 0.212. The standard InChI is InChI=1S/C16H20N2O3/c1-10(2)8-9-21-13-6-4-12(5-7-13)15-14(16(19)20)11(3)17-18-15/h4-7,10H,8-9H2,1-3H3,(H,17,18)(H,19,20). The molecule has 0 saturated heterocycles. The summed E-state index contributed by atoms with van der Waals surface area (Å²) >= 11 is 0. The highest BCUT2D eigenvalue weighted by Crippen LogP contribution is 2.25. The summed E-state index contributed by atoms with van der Waals surface area (Å²) < 4.78 is 5.65. The molecule has 0 aliphatic rings. The van der Waals surface area contributed by atoms with Crippen molar-refractivity contribution < 1.29 is 14.6 Å². The zero-order valence-corrected chi connectivity index (χ0v) is 12.5. The van der Waals surface area contributed by atoms with Crippen molar-refractivity contribution in [2.45, 2.75) is 27.2 Å². The second-order valence-electron chi connectivity index (χ2n) is 5.43. The van der Waals surface area contributed by atoms with Gasteiger partial charge >= 0.3 is 5.97 Å². The Kier molecular flexibility index (Phi) is 4.62. The average molecular weight is 288 g/mol. The predicted molar refractivity (Wildman–Crippen MR) is 80.7 cm³/mol. The minimum Gasteiger partial charge on any atom is -0.494 e. The molecule has 0 spiro atoms. The lowest BCUT2D eigenvalue weighted by Gasteiger charge is -2.08. The van der Waals surface area contributed by atoms with Gasteiger partial charge in [0.05, 0.1) is 6.61 Å². The maximum Gasteiger partial charge on any atom is 0.339 e. The second-order valence-corrected chi connectivity index (χ2v) is 5.43. The lowest BCUT2D eigenvalue weighted by Crippen LogP contribution is -2.01. The highest BCUT2D eigenvalue weighted by Gasteiger charge is 2.18. The molecule has 112 valence electrons. The molecular formula is C16H20N2O3. The highest BCUT2D eigenvalue weighted by molar-refractivity contribution is 5.96. The first-order chi connectivity index (χ1) is 9.99. The fourth-order valence-electron chi connectivity index (χ4n) is 2.02. The number of nitrogens with zero attached hydrogens (tertiary/aromatic N) is 1. The van der Waals surface area contributed by atoms with Crippen molar-refractivity contribution in [2.24, 2.45) is 5.92 Å². The van der Waals surface area contributed by atoms with E-state index in [2.05, 4.69) is 24.0 Å². The molecule has 2 N–H and O–H groups in total. The monoisotopic (exact) mass is 288 g/mol. The fraction of sp³-hybridized carbons (Fsp3) is 0.375. The van der Waals surface area contributed by atoms with Gasteiger partial charge in [-0.25, -0.2) is 4.79 Å². The van der Waals surface area contributed by atoms with Crippen LogP contribution in [-0.2, 0) is 0 Å². The molecule has 21 heavy (non-hydrogen) atoms. The Morgan fingerprint density at radius 3 is 2.57 bits per heavy atom. The van der Waals surface area contributed by atoms with E-state index >= 15 is 0 Å². The molecule has 1 aromatic carbocycles. The maximum atomic E-state index is 11.3. The van der Waals surface area contributed by atoms with E-state index in [0.717, 1.165) is 17.7 Å². The van der Waals surface area contributed by atoms with E-state index in [1.807, 2.05) is 24.3 Å². The third kappa shape index (κ3) is 3.62. The summed E-state index contributed by atoms with van der Waals surface area (Å²) in [5.74, 6) is 0.409. The van der Waals surface area contributed by atoms with Crippen molar-refractivity contribution in [3.63, 3.8) is 0 Å². The molecule has 2 rings (SSSR count). The maximum absolute atomic E-state index is 11.3. The second kappa shape index (κ2) is 6.43. The fourth-order valence-corrected chi connectivity index (χ4v) is 2.02. The van der Waals surface area contributed by atoms with Gasteiger partial charge in [0.2, 0.25) is 0 Å². The number of aromatic carboxylic acids is 1.